The zero-order valence-corrected chi connectivity index (χ0v) is 16.0. The lowest BCUT2D eigenvalue weighted by molar-refractivity contribution is -0.122. The summed E-state index contributed by atoms with van der Waals surface area (Å²) in [6.45, 7) is 7.55. The van der Waals surface area contributed by atoms with E-state index in [2.05, 4.69) is 29.7 Å². The highest BCUT2D eigenvalue weighted by Gasteiger charge is 2.45. The molecule has 2 N–H and O–H groups in total. The Kier molecular flexibility index (Phi) is 6.38. The predicted octanol–water partition coefficient (Wildman–Crippen LogP) is 1.86. The van der Waals surface area contributed by atoms with E-state index >= 15 is 0 Å². The molecule has 0 spiro atoms. The van der Waals surface area contributed by atoms with E-state index in [0.29, 0.717) is 19.8 Å². The maximum atomic E-state index is 12.4. The van der Waals surface area contributed by atoms with Crippen LogP contribution in [0.15, 0.2) is 12.1 Å². The normalized spacial score (nSPS) is 23.3. The summed E-state index contributed by atoms with van der Waals surface area (Å²) < 4.78 is 16.7. The van der Waals surface area contributed by atoms with Gasteiger partial charge in [0.15, 0.2) is 0 Å². The predicted molar refractivity (Wildman–Crippen MR) is 100 cm³/mol. The fourth-order valence-corrected chi connectivity index (χ4v) is 3.56. The van der Waals surface area contributed by atoms with Crippen LogP contribution >= 0.6 is 0 Å². The molecular weight excluding hydrogens is 332 g/mol. The van der Waals surface area contributed by atoms with Crippen LogP contribution in [0.4, 0.5) is 0 Å². The quantitative estimate of drug-likeness (QED) is 0.622. The van der Waals surface area contributed by atoms with Gasteiger partial charge in [-0.3, -0.25) is 4.79 Å². The van der Waals surface area contributed by atoms with Crippen LogP contribution in [0.25, 0.3) is 0 Å². The van der Waals surface area contributed by atoms with E-state index in [1.54, 1.807) is 7.11 Å². The van der Waals surface area contributed by atoms with Crippen molar-refractivity contribution in [2.75, 3.05) is 40.0 Å². The van der Waals surface area contributed by atoms with Gasteiger partial charge in [-0.1, -0.05) is 0 Å². The number of fused-ring (bicyclic) bond motifs is 1. The van der Waals surface area contributed by atoms with Crippen LogP contribution in [0.5, 0.6) is 11.5 Å². The Hall–Kier alpha value is -1.79. The van der Waals surface area contributed by atoms with E-state index in [0.717, 1.165) is 43.0 Å². The first-order valence-corrected chi connectivity index (χ1v) is 9.57. The van der Waals surface area contributed by atoms with Crippen molar-refractivity contribution in [3.05, 3.63) is 23.3 Å². The lowest BCUT2D eigenvalue weighted by Crippen LogP contribution is -2.34. The van der Waals surface area contributed by atoms with Gasteiger partial charge in [0.2, 0.25) is 5.91 Å². The first-order chi connectivity index (χ1) is 12.6. The molecular formula is C20H30N2O4. The van der Waals surface area contributed by atoms with Crippen LogP contribution < -0.4 is 20.1 Å². The molecule has 1 fully saturated rings. The molecule has 6 nitrogen and oxygen atoms in total. The van der Waals surface area contributed by atoms with Crippen LogP contribution in [0.2, 0.25) is 0 Å². The minimum atomic E-state index is 0.0325. The molecule has 144 valence electrons. The van der Waals surface area contributed by atoms with Crippen molar-refractivity contribution >= 4 is 5.91 Å². The van der Waals surface area contributed by atoms with Gasteiger partial charge in [-0.25, -0.2) is 0 Å². The van der Waals surface area contributed by atoms with Crippen molar-refractivity contribution in [3.8, 4) is 11.5 Å². The number of hydrogen-bond donors (Lipinski definition) is 2. The van der Waals surface area contributed by atoms with Gasteiger partial charge < -0.3 is 24.8 Å². The lowest BCUT2D eigenvalue weighted by atomic mass is 10.0. The average Bonchev–Trinajstić information content (AvgIpc) is 3.33. The Labute approximate surface area is 155 Å². The first-order valence-electron chi connectivity index (χ1n) is 9.57. The highest BCUT2D eigenvalue weighted by Crippen LogP contribution is 2.52. The number of carbonyl (C=O) groups excluding carboxylic acids is 1. The number of methoxy groups -OCH3 is 1. The SMILES string of the molecule is CCOc1cc2c(cc1C1CC1C(=O)NCCNCCOC)OC(C)C2. The molecule has 0 radical (unpaired) electrons. The molecule has 26 heavy (non-hydrogen) atoms. The zero-order valence-electron chi connectivity index (χ0n) is 16.0. The van der Waals surface area contributed by atoms with Crippen LogP contribution in [0.1, 0.15) is 37.3 Å². The second-order valence-corrected chi connectivity index (χ2v) is 7.05. The molecule has 1 aromatic carbocycles. The summed E-state index contributed by atoms with van der Waals surface area (Å²) in [6.07, 6.45) is 2.00. The van der Waals surface area contributed by atoms with Crippen molar-refractivity contribution < 1.29 is 19.0 Å². The van der Waals surface area contributed by atoms with Crippen LogP contribution in [0, 0.1) is 5.92 Å². The average molecular weight is 362 g/mol. The fourth-order valence-electron chi connectivity index (χ4n) is 3.56. The second kappa shape index (κ2) is 8.73. The molecule has 1 aliphatic heterocycles. The summed E-state index contributed by atoms with van der Waals surface area (Å²) in [7, 11) is 1.68. The molecule has 1 aromatic rings. The van der Waals surface area contributed by atoms with Crippen LogP contribution in [-0.2, 0) is 16.0 Å². The van der Waals surface area contributed by atoms with Crippen LogP contribution in [0.3, 0.4) is 0 Å². The van der Waals surface area contributed by atoms with E-state index < -0.39 is 0 Å². The summed E-state index contributed by atoms with van der Waals surface area (Å²) >= 11 is 0. The number of carbonyl (C=O) groups is 1. The Balaban J connectivity index is 1.55. The molecule has 6 heteroatoms. The monoisotopic (exact) mass is 362 g/mol. The number of amides is 1. The van der Waals surface area contributed by atoms with Gasteiger partial charge in [-0.15, -0.1) is 0 Å². The molecule has 1 heterocycles. The summed E-state index contributed by atoms with van der Waals surface area (Å²) in [5.41, 5.74) is 2.31. The Morgan fingerprint density at radius 3 is 2.92 bits per heavy atom. The third-order valence-electron chi connectivity index (χ3n) is 4.94. The molecule has 1 aliphatic carbocycles. The molecule has 3 unspecified atom stereocenters. The summed E-state index contributed by atoms with van der Waals surface area (Å²) in [5, 5.41) is 6.24. The van der Waals surface area contributed by atoms with Gasteiger partial charge in [0.05, 0.1) is 13.2 Å². The minimum absolute atomic E-state index is 0.0325. The molecule has 1 amide bonds. The van der Waals surface area contributed by atoms with Gasteiger partial charge in [0.25, 0.3) is 0 Å². The van der Waals surface area contributed by atoms with E-state index in [9.17, 15) is 4.79 Å². The van der Waals surface area contributed by atoms with Gasteiger partial charge in [0, 0.05) is 56.1 Å². The molecule has 0 aromatic heterocycles. The summed E-state index contributed by atoms with van der Waals surface area (Å²) in [6, 6.07) is 4.19. The van der Waals surface area contributed by atoms with Crippen molar-refractivity contribution in [3.63, 3.8) is 0 Å². The third-order valence-corrected chi connectivity index (χ3v) is 4.94. The van der Waals surface area contributed by atoms with Crippen molar-refractivity contribution in [1.29, 1.82) is 0 Å². The van der Waals surface area contributed by atoms with Gasteiger partial charge in [0.1, 0.15) is 17.6 Å². The van der Waals surface area contributed by atoms with E-state index in [4.69, 9.17) is 14.2 Å². The second-order valence-electron chi connectivity index (χ2n) is 7.05. The Bertz CT molecular complexity index is 634. The number of hydrogen-bond acceptors (Lipinski definition) is 5. The maximum Gasteiger partial charge on any atom is 0.223 e. The minimum Gasteiger partial charge on any atom is -0.494 e. The number of benzene rings is 1. The lowest BCUT2D eigenvalue weighted by Gasteiger charge is -2.13. The van der Waals surface area contributed by atoms with Crippen molar-refractivity contribution in [2.24, 2.45) is 5.92 Å². The summed E-state index contributed by atoms with van der Waals surface area (Å²) in [5.74, 6) is 2.24. The van der Waals surface area contributed by atoms with Crippen molar-refractivity contribution in [1.82, 2.24) is 10.6 Å². The molecule has 3 rings (SSSR count). The Morgan fingerprint density at radius 1 is 1.31 bits per heavy atom. The van der Waals surface area contributed by atoms with Gasteiger partial charge >= 0.3 is 0 Å². The molecule has 2 aliphatic rings. The van der Waals surface area contributed by atoms with E-state index in [1.807, 2.05) is 6.92 Å². The first kappa shape index (κ1) is 19.0. The highest BCUT2D eigenvalue weighted by molar-refractivity contribution is 5.83. The van der Waals surface area contributed by atoms with E-state index in [1.165, 1.54) is 5.56 Å². The van der Waals surface area contributed by atoms with Crippen molar-refractivity contribution in [2.45, 2.75) is 38.7 Å². The highest BCUT2D eigenvalue weighted by atomic mass is 16.5. The number of ether oxygens (including phenoxy) is 3. The molecule has 0 saturated heterocycles. The molecule has 0 bridgehead atoms. The zero-order chi connectivity index (χ0) is 18.5. The van der Waals surface area contributed by atoms with E-state index in [-0.39, 0.29) is 23.8 Å². The smallest absolute Gasteiger partial charge is 0.223 e. The standard InChI is InChI=1S/C20H30N2O4/c1-4-25-19-10-14-9-13(2)26-18(14)12-16(19)15-11-17(15)20(23)22-6-5-21-7-8-24-3/h10,12-13,15,17,21H,4-9,11H2,1-3H3,(H,22,23). The topological polar surface area (TPSA) is 68.8 Å². The third kappa shape index (κ3) is 4.48. The fraction of sp³-hybridized carbons (Fsp3) is 0.650. The largest absolute Gasteiger partial charge is 0.494 e. The molecule has 3 atom stereocenters. The number of rotatable bonds is 10. The Morgan fingerprint density at radius 2 is 2.15 bits per heavy atom. The number of nitrogens with one attached hydrogen (secondary N) is 2. The van der Waals surface area contributed by atoms with Gasteiger partial charge in [-0.2, -0.15) is 0 Å². The maximum absolute atomic E-state index is 12.4. The molecule has 1 saturated carbocycles. The summed E-state index contributed by atoms with van der Waals surface area (Å²) in [4.78, 5) is 12.4. The van der Waals surface area contributed by atoms with Gasteiger partial charge in [-0.05, 0) is 32.4 Å². The van der Waals surface area contributed by atoms with Crippen LogP contribution in [-0.4, -0.2) is 52.0 Å².